The maximum Gasteiger partial charge on any atom is 0.336 e. The van der Waals surface area contributed by atoms with E-state index in [4.69, 9.17) is 5.11 Å². The van der Waals surface area contributed by atoms with Crippen molar-refractivity contribution < 1.29 is 28.2 Å². The van der Waals surface area contributed by atoms with Crippen molar-refractivity contribution in [3.63, 3.8) is 0 Å². The van der Waals surface area contributed by atoms with Crippen LogP contribution >= 0.6 is 0 Å². The van der Waals surface area contributed by atoms with Crippen molar-refractivity contribution in [2.45, 2.75) is 0 Å². The van der Waals surface area contributed by atoms with Gasteiger partial charge in [0.2, 0.25) is 5.95 Å². The van der Waals surface area contributed by atoms with Crippen LogP contribution < -0.4 is 10.1 Å². The summed E-state index contributed by atoms with van der Waals surface area (Å²) in [5.74, 6) is -5.43. The third-order valence-electron chi connectivity index (χ3n) is 2.41. The standard InChI is InChI=1S/C11H8F2N4O4/c1-21-11-15-10(16-17-11)14-8(18)4-2-6(12)7(13)3-5(4)9(19)20/h2-3H,1H3,(H,19,20)(H2,14,15,16,17,18). The number of ether oxygens (including phenoxy) is 1. The van der Waals surface area contributed by atoms with Crippen molar-refractivity contribution in [3.05, 3.63) is 34.9 Å². The number of H-pyrrole nitrogens is 1. The number of carbonyl (C=O) groups excluding carboxylic acids is 1. The summed E-state index contributed by atoms with van der Waals surface area (Å²) >= 11 is 0. The number of nitrogens with one attached hydrogen (secondary N) is 2. The molecule has 1 heterocycles. The molecule has 8 nitrogen and oxygen atoms in total. The Morgan fingerprint density at radius 2 is 1.90 bits per heavy atom. The molecule has 0 spiro atoms. The average molecular weight is 298 g/mol. The Morgan fingerprint density at radius 3 is 2.43 bits per heavy atom. The molecule has 0 aliphatic carbocycles. The lowest BCUT2D eigenvalue weighted by atomic mass is 10.1. The van der Waals surface area contributed by atoms with Crippen molar-refractivity contribution in [3.8, 4) is 6.01 Å². The fourth-order valence-electron chi connectivity index (χ4n) is 1.48. The quantitative estimate of drug-likeness (QED) is 0.776. The second kappa shape index (κ2) is 5.53. The van der Waals surface area contributed by atoms with Gasteiger partial charge in [0.25, 0.3) is 5.91 Å². The highest BCUT2D eigenvalue weighted by atomic mass is 19.2. The van der Waals surface area contributed by atoms with Crippen LogP contribution in [0.25, 0.3) is 0 Å². The first-order valence-electron chi connectivity index (χ1n) is 5.42. The van der Waals surface area contributed by atoms with Gasteiger partial charge < -0.3 is 9.84 Å². The number of aromatic nitrogens is 3. The number of hydrogen-bond donors (Lipinski definition) is 3. The predicted molar refractivity (Wildman–Crippen MR) is 64.2 cm³/mol. The van der Waals surface area contributed by atoms with Crippen LogP contribution in [0.4, 0.5) is 14.7 Å². The summed E-state index contributed by atoms with van der Waals surface area (Å²) in [4.78, 5) is 26.5. The van der Waals surface area contributed by atoms with Gasteiger partial charge in [-0.25, -0.2) is 18.7 Å². The molecule has 0 saturated carbocycles. The molecule has 110 valence electrons. The Bertz CT molecular complexity index is 716. The summed E-state index contributed by atoms with van der Waals surface area (Å²) in [5.41, 5.74) is -1.24. The van der Waals surface area contributed by atoms with E-state index in [1.807, 2.05) is 0 Å². The molecule has 0 aliphatic heterocycles. The van der Waals surface area contributed by atoms with Crippen LogP contribution in [0.1, 0.15) is 20.7 Å². The Hall–Kier alpha value is -3.04. The summed E-state index contributed by atoms with van der Waals surface area (Å²) in [6, 6.07) is 0.851. The van der Waals surface area contributed by atoms with Crippen LogP contribution in [0, 0.1) is 11.6 Å². The summed E-state index contributed by atoms with van der Waals surface area (Å²) in [6.07, 6.45) is 0. The molecule has 0 aliphatic rings. The molecule has 21 heavy (non-hydrogen) atoms. The van der Waals surface area contributed by atoms with Crippen LogP contribution in [0.5, 0.6) is 6.01 Å². The van der Waals surface area contributed by atoms with Crippen molar-refractivity contribution in [2.75, 3.05) is 12.4 Å². The third kappa shape index (κ3) is 2.94. The van der Waals surface area contributed by atoms with E-state index in [9.17, 15) is 18.4 Å². The van der Waals surface area contributed by atoms with Gasteiger partial charge in [-0.15, -0.1) is 5.10 Å². The van der Waals surface area contributed by atoms with Gasteiger partial charge in [-0.05, 0) is 12.1 Å². The van der Waals surface area contributed by atoms with Gasteiger partial charge in [-0.3, -0.25) is 10.1 Å². The van der Waals surface area contributed by atoms with Gasteiger partial charge in [0.15, 0.2) is 11.6 Å². The Labute approximate surface area is 115 Å². The van der Waals surface area contributed by atoms with Crippen molar-refractivity contribution >= 4 is 17.8 Å². The molecule has 1 aromatic heterocycles. The molecule has 0 saturated heterocycles. The molecule has 0 unspecified atom stereocenters. The zero-order valence-electron chi connectivity index (χ0n) is 10.5. The fraction of sp³-hybridized carbons (Fsp3) is 0.0909. The third-order valence-corrected chi connectivity index (χ3v) is 2.41. The van der Waals surface area contributed by atoms with E-state index >= 15 is 0 Å². The number of carboxylic acid groups (broad SMARTS) is 1. The lowest BCUT2D eigenvalue weighted by molar-refractivity contribution is 0.0691. The molecule has 1 aromatic carbocycles. The number of hydrogen-bond acceptors (Lipinski definition) is 5. The number of methoxy groups -OCH3 is 1. The summed E-state index contributed by atoms with van der Waals surface area (Å²) < 4.78 is 30.9. The van der Waals surface area contributed by atoms with Crippen LogP contribution in [-0.2, 0) is 0 Å². The van der Waals surface area contributed by atoms with E-state index < -0.39 is 34.6 Å². The van der Waals surface area contributed by atoms with E-state index in [0.717, 1.165) is 0 Å². The van der Waals surface area contributed by atoms with Gasteiger partial charge in [0.1, 0.15) is 0 Å². The molecule has 10 heteroatoms. The number of amides is 1. The fourth-order valence-corrected chi connectivity index (χ4v) is 1.48. The van der Waals surface area contributed by atoms with Crippen LogP contribution in [0.15, 0.2) is 12.1 Å². The van der Waals surface area contributed by atoms with E-state index in [2.05, 4.69) is 25.2 Å². The minimum Gasteiger partial charge on any atom is -0.478 e. The maximum atomic E-state index is 13.2. The number of carbonyl (C=O) groups is 2. The van der Waals surface area contributed by atoms with E-state index in [1.54, 1.807) is 0 Å². The molecule has 0 atom stereocenters. The maximum absolute atomic E-state index is 13.2. The normalized spacial score (nSPS) is 10.2. The Morgan fingerprint density at radius 1 is 1.29 bits per heavy atom. The van der Waals surface area contributed by atoms with Crippen molar-refractivity contribution in [2.24, 2.45) is 0 Å². The number of anilines is 1. The Balaban J connectivity index is 2.34. The zero-order chi connectivity index (χ0) is 15.6. The molecular weight excluding hydrogens is 290 g/mol. The highest BCUT2D eigenvalue weighted by molar-refractivity contribution is 6.10. The molecular formula is C11H8F2N4O4. The van der Waals surface area contributed by atoms with E-state index in [-0.39, 0.29) is 12.0 Å². The Kier molecular flexibility index (Phi) is 3.78. The van der Waals surface area contributed by atoms with E-state index in [1.165, 1.54) is 7.11 Å². The number of aromatic amines is 1. The topological polar surface area (TPSA) is 117 Å². The average Bonchev–Trinajstić information content (AvgIpc) is 2.88. The number of nitrogens with zero attached hydrogens (tertiary/aromatic N) is 2. The SMILES string of the molecule is COc1n[nH]c(NC(=O)c2cc(F)c(F)cc2C(=O)O)n1. The molecule has 0 fully saturated rings. The molecule has 2 rings (SSSR count). The van der Waals surface area contributed by atoms with E-state index in [0.29, 0.717) is 12.1 Å². The first kappa shape index (κ1) is 14.4. The second-order valence-electron chi connectivity index (χ2n) is 3.74. The highest BCUT2D eigenvalue weighted by Crippen LogP contribution is 2.17. The first-order valence-corrected chi connectivity index (χ1v) is 5.42. The minimum atomic E-state index is -1.57. The minimum absolute atomic E-state index is 0.0611. The summed E-state index contributed by atoms with van der Waals surface area (Å²) in [5, 5.41) is 16.9. The number of halogens is 2. The highest BCUT2D eigenvalue weighted by Gasteiger charge is 2.21. The van der Waals surface area contributed by atoms with Crippen molar-refractivity contribution in [1.82, 2.24) is 15.2 Å². The van der Waals surface area contributed by atoms with Gasteiger partial charge in [-0.2, -0.15) is 4.98 Å². The smallest absolute Gasteiger partial charge is 0.336 e. The number of rotatable bonds is 4. The van der Waals surface area contributed by atoms with Gasteiger partial charge >= 0.3 is 12.0 Å². The zero-order valence-corrected chi connectivity index (χ0v) is 10.5. The number of aromatic carboxylic acids is 1. The number of benzene rings is 1. The van der Waals surface area contributed by atoms with Crippen LogP contribution in [-0.4, -0.2) is 39.3 Å². The first-order chi connectivity index (χ1) is 9.92. The lowest BCUT2D eigenvalue weighted by Crippen LogP contribution is -2.18. The monoisotopic (exact) mass is 298 g/mol. The van der Waals surface area contributed by atoms with Gasteiger partial charge in [0, 0.05) is 0 Å². The predicted octanol–water partition coefficient (Wildman–Crippen LogP) is 1.04. The van der Waals surface area contributed by atoms with Gasteiger partial charge in [-0.1, -0.05) is 0 Å². The molecule has 0 bridgehead atoms. The van der Waals surface area contributed by atoms with Crippen LogP contribution in [0.2, 0.25) is 0 Å². The van der Waals surface area contributed by atoms with Gasteiger partial charge in [0.05, 0.1) is 18.2 Å². The molecule has 2 aromatic rings. The second-order valence-corrected chi connectivity index (χ2v) is 3.74. The molecule has 3 N–H and O–H groups in total. The molecule has 1 amide bonds. The summed E-state index contributed by atoms with van der Waals surface area (Å²) in [6.45, 7) is 0. The largest absolute Gasteiger partial charge is 0.478 e. The van der Waals surface area contributed by atoms with Crippen molar-refractivity contribution in [1.29, 1.82) is 0 Å². The number of carboxylic acids is 1. The van der Waals surface area contributed by atoms with Crippen LogP contribution in [0.3, 0.4) is 0 Å². The molecule has 0 radical (unpaired) electrons. The summed E-state index contributed by atoms with van der Waals surface area (Å²) in [7, 11) is 1.30. The lowest BCUT2D eigenvalue weighted by Gasteiger charge is -2.06.